The second-order valence-corrected chi connectivity index (χ2v) is 4.10. The van der Waals surface area contributed by atoms with Crippen LogP contribution in [0.3, 0.4) is 0 Å². The van der Waals surface area contributed by atoms with Crippen molar-refractivity contribution in [2.45, 2.75) is 19.8 Å². The first-order valence-corrected chi connectivity index (χ1v) is 5.73. The van der Waals surface area contributed by atoms with Gasteiger partial charge in [0.25, 0.3) is 0 Å². The Bertz CT molecular complexity index is 298. The summed E-state index contributed by atoms with van der Waals surface area (Å²) in [5.41, 5.74) is 6.79. The Morgan fingerprint density at radius 1 is 1.33 bits per heavy atom. The van der Waals surface area contributed by atoms with Gasteiger partial charge in [0.2, 0.25) is 0 Å². The van der Waals surface area contributed by atoms with E-state index in [-0.39, 0.29) is 0 Å². The normalized spacial score (nSPS) is 9.93. The van der Waals surface area contributed by atoms with Crippen LogP contribution in [-0.2, 0) is 0 Å². The molecule has 1 aromatic rings. The lowest BCUT2D eigenvalue weighted by Crippen LogP contribution is -2.33. The van der Waals surface area contributed by atoms with Gasteiger partial charge in [-0.1, -0.05) is 43.8 Å². The fraction of sp³-hybridized carbons (Fsp3) is 0.417. The molecule has 0 bridgehead atoms. The fourth-order valence-electron chi connectivity index (χ4n) is 1.48. The maximum atomic E-state index is 5.59. The van der Waals surface area contributed by atoms with E-state index in [1.807, 2.05) is 18.2 Å². The minimum absolute atomic E-state index is 0.551. The van der Waals surface area contributed by atoms with Crippen LogP contribution in [0.1, 0.15) is 19.8 Å². The van der Waals surface area contributed by atoms with Gasteiger partial charge in [-0.15, -0.1) is 0 Å². The van der Waals surface area contributed by atoms with Gasteiger partial charge in [-0.3, -0.25) is 0 Å². The molecule has 1 rings (SSSR count). The fourth-order valence-corrected chi connectivity index (χ4v) is 1.63. The number of hydrogen-bond acceptors (Lipinski definition) is 2. The first-order chi connectivity index (χ1) is 7.24. The summed E-state index contributed by atoms with van der Waals surface area (Å²) >= 11 is 4.96. The summed E-state index contributed by atoms with van der Waals surface area (Å²) in [7, 11) is 0. The van der Waals surface area contributed by atoms with Crippen LogP contribution in [0.15, 0.2) is 30.3 Å². The lowest BCUT2D eigenvalue weighted by molar-refractivity contribution is 0.753. The van der Waals surface area contributed by atoms with E-state index in [0.717, 1.165) is 13.0 Å². The highest BCUT2D eigenvalue weighted by Gasteiger charge is 2.05. The third kappa shape index (κ3) is 4.30. The second-order valence-electron chi connectivity index (χ2n) is 3.58. The average Bonchev–Trinajstić information content (AvgIpc) is 2.25. The van der Waals surface area contributed by atoms with Crippen molar-refractivity contribution in [3.05, 3.63) is 30.3 Å². The van der Waals surface area contributed by atoms with Crippen molar-refractivity contribution in [3.8, 4) is 0 Å². The molecule has 0 aliphatic heterocycles. The molecule has 0 unspecified atom stereocenters. The summed E-state index contributed by atoms with van der Waals surface area (Å²) in [5, 5.41) is 0. The molecule has 0 aliphatic rings. The molecule has 0 spiro atoms. The van der Waals surface area contributed by atoms with E-state index >= 15 is 0 Å². The van der Waals surface area contributed by atoms with Gasteiger partial charge in [0, 0.05) is 12.2 Å². The molecule has 0 amide bonds. The Labute approximate surface area is 97.1 Å². The number of hydrogen-bond donors (Lipinski definition) is 1. The Balaban J connectivity index is 2.67. The standard InChI is InChI=1S/C12H18N2S/c1-2-3-9-14(10-12(13)15)11-7-5-4-6-8-11/h4-8H,2-3,9-10H2,1H3,(H2,13,15). The van der Waals surface area contributed by atoms with Crippen molar-refractivity contribution >= 4 is 22.9 Å². The van der Waals surface area contributed by atoms with Gasteiger partial charge >= 0.3 is 0 Å². The summed E-state index contributed by atoms with van der Waals surface area (Å²) < 4.78 is 0. The first kappa shape index (κ1) is 12.0. The van der Waals surface area contributed by atoms with Crippen LogP contribution in [-0.4, -0.2) is 18.1 Å². The number of anilines is 1. The number of thiocarbonyl (C=S) groups is 1. The number of nitrogens with zero attached hydrogens (tertiary/aromatic N) is 1. The van der Waals surface area contributed by atoms with Crippen molar-refractivity contribution in [2.75, 3.05) is 18.0 Å². The molecule has 0 aromatic heterocycles. The number of nitrogens with two attached hydrogens (primary N) is 1. The number of para-hydroxylation sites is 1. The third-order valence-corrected chi connectivity index (χ3v) is 2.38. The van der Waals surface area contributed by atoms with Crippen LogP contribution in [0.2, 0.25) is 0 Å². The van der Waals surface area contributed by atoms with Gasteiger partial charge in [-0.2, -0.15) is 0 Å². The third-order valence-electron chi connectivity index (χ3n) is 2.25. The van der Waals surface area contributed by atoms with E-state index in [0.29, 0.717) is 11.5 Å². The average molecular weight is 222 g/mol. The minimum Gasteiger partial charge on any atom is -0.392 e. The Kier molecular flexibility index (Phi) is 5.12. The number of unbranched alkanes of at least 4 members (excludes halogenated alkanes) is 1. The number of benzene rings is 1. The van der Waals surface area contributed by atoms with E-state index in [9.17, 15) is 0 Å². The molecular formula is C12H18N2S. The highest BCUT2D eigenvalue weighted by molar-refractivity contribution is 7.80. The molecule has 2 N–H and O–H groups in total. The summed E-state index contributed by atoms with van der Waals surface area (Å²) in [6.45, 7) is 3.86. The Morgan fingerprint density at radius 3 is 2.53 bits per heavy atom. The molecule has 15 heavy (non-hydrogen) atoms. The largest absolute Gasteiger partial charge is 0.392 e. The molecule has 0 radical (unpaired) electrons. The van der Waals surface area contributed by atoms with E-state index in [4.69, 9.17) is 18.0 Å². The molecule has 0 fully saturated rings. The zero-order valence-electron chi connectivity index (χ0n) is 9.15. The SMILES string of the molecule is CCCCN(CC(N)=S)c1ccccc1. The Hall–Kier alpha value is -1.09. The van der Waals surface area contributed by atoms with Crippen LogP contribution in [0.5, 0.6) is 0 Å². The molecule has 0 aliphatic carbocycles. The van der Waals surface area contributed by atoms with Crippen molar-refractivity contribution in [1.29, 1.82) is 0 Å². The topological polar surface area (TPSA) is 29.3 Å². The van der Waals surface area contributed by atoms with E-state index in [1.165, 1.54) is 12.1 Å². The highest BCUT2D eigenvalue weighted by atomic mass is 32.1. The summed E-state index contributed by atoms with van der Waals surface area (Å²) in [5.74, 6) is 0. The van der Waals surface area contributed by atoms with Gasteiger partial charge in [0.15, 0.2) is 0 Å². The minimum atomic E-state index is 0.551. The lowest BCUT2D eigenvalue weighted by Gasteiger charge is -2.23. The molecule has 0 saturated heterocycles. The molecule has 82 valence electrons. The van der Waals surface area contributed by atoms with E-state index in [1.54, 1.807) is 0 Å². The van der Waals surface area contributed by atoms with Crippen LogP contribution in [0.25, 0.3) is 0 Å². The second kappa shape index (κ2) is 6.40. The van der Waals surface area contributed by atoms with Gasteiger partial charge < -0.3 is 10.6 Å². The van der Waals surface area contributed by atoms with Gasteiger partial charge in [-0.25, -0.2) is 0 Å². The Morgan fingerprint density at radius 2 is 2.00 bits per heavy atom. The van der Waals surface area contributed by atoms with Gasteiger partial charge in [0.1, 0.15) is 0 Å². The molecule has 2 nitrogen and oxygen atoms in total. The summed E-state index contributed by atoms with van der Waals surface area (Å²) in [6.07, 6.45) is 2.35. The van der Waals surface area contributed by atoms with Crippen LogP contribution in [0, 0.1) is 0 Å². The van der Waals surface area contributed by atoms with Crippen molar-refractivity contribution in [1.82, 2.24) is 0 Å². The molecule has 0 heterocycles. The van der Waals surface area contributed by atoms with Crippen molar-refractivity contribution in [3.63, 3.8) is 0 Å². The van der Waals surface area contributed by atoms with Crippen LogP contribution in [0.4, 0.5) is 5.69 Å². The summed E-state index contributed by atoms with van der Waals surface area (Å²) in [4.78, 5) is 2.78. The highest BCUT2D eigenvalue weighted by Crippen LogP contribution is 2.13. The predicted molar refractivity (Wildman–Crippen MR) is 70.3 cm³/mol. The smallest absolute Gasteiger partial charge is 0.0923 e. The molecule has 0 saturated carbocycles. The molecule has 1 aromatic carbocycles. The first-order valence-electron chi connectivity index (χ1n) is 5.32. The van der Waals surface area contributed by atoms with Crippen LogP contribution >= 0.6 is 12.2 Å². The quantitative estimate of drug-likeness (QED) is 0.750. The van der Waals surface area contributed by atoms with Crippen LogP contribution < -0.4 is 10.6 Å². The predicted octanol–water partition coefficient (Wildman–Crippen LogP) is 2.58. The zero-order chi connectivity index (χ0) is 11.1. The maximum Gasteiger partial charge on any atom is 0.0923 e. The van der Waals surface area contributed by atoms with Gasteiger partial charge in [0.05, 0.1) is 11.5 Å². The summed E-state index contributed by atoms with van der Waals surface area (Å²) in [6, 6.07) is 10.3. The van der Waals surface area contributed by atoms with Gasteiger partial charge in [-0.05, 0) is 18.6 Å². The molecule has 3 heteroatoms. The lowest BCUT2D eigenvalue weighted by atomic mass is 10.2. The van der Waals surface area contributed by atoms with E-state index in [2.05, 4.69) is 24.0 Å². The maximum absolute atomic E-state index is 5.59. The number of rotatable bonds is 6. The van der Waals surface area contributed by atoms with Crippen molar-refractivity contribution in [2.24, 2.45) is 5.73 Å². The molecule has 0 atom stereocenters. The monoisotopic (exact) mass is 222 g/mol. The van der Waals surface area contributed by atoms with E-state index < -0.39 is 0 Å². The zero-order valence-corrected chi connectivity index (χ0v) is 9.96. The molecular weight excluding hydrogens is 204 g/mol. The van der Waals surface area contributed by atoms with Crippen molar-refractivity contribution < 1.29 is 0 Å².